The van der Waals surface area contributed by atoms with Crippen molar-refractivity contribution < 1.29 is 4.79 Å². The lowest BCUT2D eigenvalue weighted by molar-refractivity contribution is -0.127. The van der Waals surface area contributed by atoms with Gasteiger partial charge in [-0.3, -0.25) is 15.2 Å². The smallest absolute Gasteiger partial charge is 0.251 e. The highest BCUT2D eigenvalue weighted by Crippen LogP contribution is 2.11. The Bertz CT molecular complexity index is 813. The number of amides is 1. The van der Waals surface area contributed by atoms with E-state index in [0.29, 0.717) is 19.4 Å². The fourth-order valence-electron chi connectivity index (χ4n) is 5.69. The van der Waals surface area contributed by atoms with Crippen LogP contribution in [0.5, 0.6) is 0 Å². The van der Waals surface area contributed by atoms with Crippen LogP contribution >= 0.6 is 0 Å². The third-order valence-electron chi connectivity index (χ3n) is 8.83. The Morgan fingerprint density at radius 1 is 0.571 bits per heavy atom. The van der Waals surface area contributed by atoms with Gasteiger partial charge in [0.1, 0.15) is 0 Å². The lowest BCUT2D eigenvalue weighted by Crippen LogP contribution is -2.50. The van der Waals surface area contributed by atoms with E-state index in [1.165, 1.54) is 128 Å². The van der Waals surface area contributed by atoms with Gasteiger partial charge in [-0.15, -0.1) is 0 Å². The second kappa shape index (κ2) is 38.4. The van der Waals surface area contributed by atoms with Crippen LogP contribution in [0.15, 0.2) is 53.6 Å². The Kier molecular flexibility index (Phi) is 36.6. The maximum Gasteiger partial charge on any atom is 0.251 e. The Balaban J connectivity index is 4.23. The zero-order chi connectivity index (χ0) is 35.9. The molecule has 7 N–H and O–H groups in total. The molecule has 0 heterocycles. The summed E-state index contributed by atoms with van der Waals surface area (Å²) in [5.74, 6) is -0.0319. The zero-order valence-corrected chi connectivity index (χ0v) is 32.2. The highest BCUT2D eigenvalue weighted by atomic mass is 16.2. The largest absolute Gasteiger partial charge is 0.370 e. The summed E-state index contributed by atoms with van der Waals surface area (Å²) >= 11 is 0. The number of carbonyl (C=O) groups excluding carboxylic acids is 1. The van der Waals surface area contributed by atoms with Gasteiger partial charge in [0, 0.05) is 19.6 Å². The highest BCUT2D eigenvalue weighted by Gasteiger charge is 2.16. The average molecular weight is 685 g/mol. The van der Waals surface area contributed by atoms with Crippen LogP contribution in [0.2, 0.25) is 0 Å². The van der Waals surface area contributed by atoms with E-state index in [1.807, 2.05) is 0 Å². The number of nitrogens with two attached hydrogens (primary N) is 3. The normalized spacial score (nSPS) is 12.7. The molecule has 7 heteroatoms. The van der Waals surface area contributed by atoms with Crippen molar-refractivity contribution in [2.75, 3.05) is 19.6 Å². The first kappa shape index (κ1) is 46.6. The van der Waals surface area contributed by atoms with E-state index in [9.17, 15) is 4.79 Å². The summed E-state index contributed by atoms with van der Waals surface area (Å²) in [5, 5.41) is 2.12. The van der Waals surface area contributed by atoms with Crippen molar-refractivity contribution in [1.82, 2.24) is 10.4 Å². The lowest BCUT2D eigenvalue weighted by atomic mass is 10.1. The van der Waals surface area contributed by atoms with Crippen LogP contribution in [0.3, 0.4) is 0 Å². The molecule has 0 saturated heterocycles. The van der Waals surface area contributed by atoms with E-state index < -0.39 is 6.04 Å². The molecule has 1 atom stereocenters. The van der Waals surface area contributed by atoms with Crippen molar-refractivity contribution in [3.63, 3.8) is 0 Å². The number of allylic oxidation sites excluding steroid dienone is 8. The monoisotopic (exact) mass is 685 g/mol. The molecule has 284 valence electrons. The maximum absolute atomic E-state index is 12.8. The van der Waals surface area contributed by atoms with Crippen molar-refractivity contribution >= 4 is 11.9 Å². The fourth-order valence-corrected chi connectivity index (χ4v) is 5.69. The van der Waals surface area contributed by atoms with Crippen molar-refractivity contribution in [2.24, 2.45) is 22.2 Å². The molecule has 49 heavy (non-hydrogen) atoms. The number of hydrogen-bond acceptors (Lipinski definition) is 4. The minimum atomic E-state index is -0.552. The van der Waals surface area contributed by atoms with E-state index in [-0.39, 0.29) is 11.9 Å². The third kappa shape index (κ3) is 36.7. The molecule has 0 saturated carbocycles. The third-order valence-corrected chi connectivity index (χ3v) is 8.83. The van der Waals surface area contributed by atoms with Crippen molar-refractivity contribution in [3.05, 3.63) is 48.6 Å². The average Bonchev–Trinajstić information content (AvgIpc) is 3.09. The van der Waals surface area contributed by atoms with Crippen molar-refractivity contribution in [1.29, 1.82) is 0 Å². The topological polar surface area (TPSA) is 123 Å². The summed E-state index contributed by atoms with van der Waals surface area (Å²) < 4.78 is 0. The standard InChI is InChI=1S/C42H80N6O/c1-3-5-7-9-11-13-15-17-19-21-23-25-27-29-31-33-38-48(47-41(49)40(43)36-35-37-46-42(44)45)39-34-32-30-28-26-24-22-20-18-16-14-12-10-8-6-4-2/h11-14,17-20,40H,3-10,15-16,21-39,43H2,1-2H3,(H,47,49)(H4,44,45,46)/b13-11-,14-12-,19-17-,20-18-/t40-/m0/s1. The Morgan fingerprint density at radius 2 is 0.959 bits per heavy atom. The second-order valence-electron chi connectivity index (χ2n) is 13.7. The number of hydrogen-bond donors (Lipinski definition) is 4. The van der Waals surface area contributed by atoms with E-state index in [4.69, 9.17) is 17.2 Å². The minimum Gasteiger partial charge on any atom is -0.370 e. The van der Waals surface area contributed by atoms with Crippen LogP contribution in [-0.2, 0) is 4.79 Å². The zero-order valence-electron chi connectivity index (χ0n) is 32.2. The number of hydrazine groups is 1. The lowest BCUT2D eigenvalue weighted by Gasteiger charge is -2.25. The number of nitrogens with zero attached hydrogens (tertiary/aromatic N) is 2. The molecule has 0 radical (unpaired) electrons. The fraction of sp³-hybridized carbons (Fsp3) is 0.762. The Labute approximate surface area is 303 Å². The van der Waals surface area contributed by atoms with Crippen LogP contribution in [0.25, 0.3) is 0 Å². The molecule has 0 aliphatic carbocycles. The first-order valence-corrected chi connectivity index (χ1v) is 20.5. The van der Waals surface area contributed by atoms with Gasteiger partial charge in [-0.2, -0.15) is 0 Å². The number of unbranched alkanes of at least 4 members (excludes halogenated alkanes) is 18. The van der Waals surface area contributed by atoms with Crippen molar-refractivity contribution in [3.8, 4) is 0 Å². The van der Waals surface area contributed by atoms with Gasteiger partial charge in [0.2, 0.25) is 0 Å². The summed E-state index contributed by atoms with van der Waals surface area (Å²) in [6.07, 6.45) is 49.4. The molecule has 0 bridgehead atoms. The van der Waals surface area contributed by atoms with Crippen molar-refractivity contribution in [2.45, 2.75) is 187 Å². The first-order valence-electron chi connectivity index (χ1n) is 20.5. The number of aliphatic imine (C=N–C) groups is 1. The summed E-state index contributed by atoms with van der Waals surface area (Å²) in [6, 6.07) is -0.552. The summed E-state index contributed by atoms with van der Waals surface area (Å²) in [4.78, 5) is 16.8. The highest BCUT2D eigenvalue weighted by molar-refractivity contribution is 5.81. The van der Waals surface area contributed by atoms with Crippen LogP contribution in [0.4, 0.5) is 0 Å². The van der Waals surface area contributed by atoms with Gasteiger partial charge in [0.25, 0.3) is 5.91 Å². The van der Waals surface area contributed by atoms with E-state index in [0.717, 1.165) is 38.8 Å². The molecule has 1 amide bonds. The van der Waals surface area contributed by atoms with Crippen LogP contribution < -0.4 is 22.6 Å². The first-order chi connectivity index (χ1) is 24.0. The van der Waals surface area contributed by atoms with Gasteiger partial charge in [-0.05, 0) is 89.9 Å². The van der Waals surface area contributed by atoms with E-state index in [2.05, 4.69) is 77.9 Å². The summed E-state index contributed by atoms with van der Waals surface area (Å²) in [7, 11) is 0. The maximum atomic E-state index is 12.8. The Morgan fingerprint density at radius 3 is 1.37 bits per heavy atom. The summed E-state index contributed by atoms with van der Waals surface area (Å²) in [5.41, 5.74) is 20.1. The van der Waals surface area contributed by atoms with Gasteiger partial charge in [0.15, 0.2) is 5.96 Å². The van der Waals surface area contributed by atoms with E-state index >= 15 is 0 Å². The summed E-state index contributed by atoms with van der Waals surface area (Å²) in [6.45, 7) is 6.75. The molecule has 7 nitrogen and oxygen atoms in total. The molecular weight excluding hydrogens is 605 g/mol. The predicted molar refractivity (Wildman–Crippen MR) is 216 cm³/mol. The molecule has 0 rings (SSSR count). The van der Waals surface area contributed by atoms with Gasteiger partial charge >= 0.3 is 0 Å². The Hall–Kier alpha value is -2.38. The van der Waals surface area contributed by atoms with E-state index in [1.54, 1.807) is 0 Å². The molecule has 0 unspecified atom stereocenters. The van der Waals surface area contributed by atoms with Crippen LogP contribution in [0.1, 0.15) is 181 Å². The van der Waals surface area contributed by atoms with Crippen LogP contribution in [0, 0.1) is 0 Å². The molecule has 0 aromatic rings. The molecule has 0 aromatic heterocycles. The van der Waals surface area contributed by atoms with Gasteiger partial charge < -0.3 is 17.2 Å². The molecule has 0 aromatic carbocycles. The quantitative estimate of drug-likeness (QED) is 0.0172. The SMILES string of the molecule is CCCCC/C=C\C/C=C\CCCCCCCCN(CCCCCCCC/C=C\C/C=C\CCCCC)NC(=O)[C@@H](N)CCCN=C(N)N. The molecular formula is C42H80N6O. The number of guanidine groups is 1. The molecule has 0 aliphatic rings. The number of nitrogens with one attached hydrogen (secondary N) is 1. The molecule has 0 aliphatic heterocycles. The number of rotatable bonds is 36. The number of carbonyl (C=O) groups is 1. The predicted octanol–water partition coefficient (Wildman–Crippen LogP) is 10.3. The van der Waals surface area contributed by atoms with Gasteiger partial charge in [-0.1, -0.05) is 140 Å². The van der Waals surface area contributed by atoms with Gasteiger partial charge in [0.05, 0.1) is 6.04 Å². The molecule has 0 fully saturated rings. The molecule has 0 spiro atoms. The second-order valence-corrected chi connectivity index (χ2v) is 13.7. The minimum absolute atomic E-state index is 0.0748. The van der Waals surface area contributed by atoms with Crippen LogP contribution in [-0.4, -0.2) is 42.6 Å². The van der Waals surface area contributed by atoms with Gasteiger partial charge in [-0.25, -0.2) is 5.01 Å².